The van der Waals surface area contributed by atoms with Crippen molar-refractivity contribution < 1.29 is 0 Å². The highest BCUT2D eigenvalue weighted by Crippen LogP contribution is 2.12. The average molecular weight is 234 g/mol. The van der Waals surface area contributed by atoms with Crippen LogP contribution in [0.1, 0.15) is 17.3 Å². The molecule has 0 aliphatic heterocycles. The minimum absolute atomic E-state index is 0.0591. The number of aryl methyl sites for hydroxylation is 1. The van der Waals surface area contributed by atoms with Crippen molar-refractivity contribution in [1.29, 1.82) is 0 Å². The van der Waals surface area contributed by atoms with Gasteiger partial charge in [-0.05, 0) is 12.5 Å². The maximum absolute atomic E-state index is 11.5. The van der Waals surface area contributed by atoms with E-state index in [2.05, 4.69) is 0 Å². The molecule has 16 heavy (non-hydrogen) atoms. The van der Waals surface area contributed by atoms with E-state index in [1.807, 2.05) is 42.6 Å². The Morgan fingerprint density at radius 2 is 2.06 bits per heavy atom. The molecule has 0 aliphatic rings. The van der Waals surface area contributed by atoms with Crippen molar-refractivity contribution >= 4 is 11.3 Å². The van der Waals surface area contributed by atoms with Crippen LogP contribution in [-0.4, -0.2) is 4.57 Å². The third kappa shape index (κ3) is 2.23. The molecular weight excluding hydrogens is 220 g/mol. The predicted molar refractivity (Wildman–Crippen MR) is 66.7 cm³/mol. The lowest BCUT2D eigenvalue weighted by atomic mass is 10.1. The summed E-state index contributed by atoms with van der Waals surface area (Å²) in [6.45, 7) is 2.47. The lowest BCUT2D eigenvalue weighted by molar-refractivity contribution is 0.560. The first-order valence-corrected chi connectivity index (χ1v) is 6.02. The average Bonchev–Trinajstić information content (AvgIpc) is 2.62. The van der Waals surface area contributed by atoms with Crippen LogP contribution < -0.4 is 10.6 Å². The molecule has 3 nitrogen and oxygen atoms in total. The molecule has 0 bridgehead atoms. The van der Waals surface area contributed by atoms with Crippen molar-refractivity contribution in [3.05, 3.63) is 56.6 Å². The van der Waals surface area contributed by atoms with E-state index in [9.17, 15) is 4.79 Å². The Bertz CT molecular complexity index is 515. The molecular formula is C12H14N2OS. The quantitative estimate of drug-likeness (QED) is 0.882. The molecule has 1 heterocycles. The number of hydrogen-bond acceptors (Lipinski definition) is 3. The van der Waals surface area contributed by atoms with Gasteiger partial charge in [-0.3, -0.25) is 4.79 Å². The summed E-state index contributed by atoms with van der Waals surface area (Å²) in [4.78, 5) is 11.6. The zero-order valence-electron chi connectivity index (χ0n) is 9.09. The summed E-state index contributed by atoms with van der Waals surface area (Å²) in [5.74, 6) is 0. The molecule has 1 aromatic heterocycles. The molecule has 84 valence electrons. The van der Waals surface area contributed by atoms with E-state index >= 15 is 0 Å². The summed E-state index contributed by atoms with van der Waals surface area (Å²) in [7, 11) is 0. The second-order valence-corrected chi connectivity index (χ2v) is 4.59. The highest BCUT2D eigenvalue weighted by atomic mass is 32.1. The third-order valence-electron chi connectivity index (χ3n) is 2.58. The number of aromatic nitrogens is 1. The molecule has 0 amide bonds. The minimum atomic E-state index is -0.132. The first-order chi connectivity index (χ1) is 7.68. The van der Waals surface area contributed by atoms with Gasteiger partial charge in [-0.2, -0.15) is 0 Å². The predicted octanol–water partition coefficient (Wildman–Crippen LogP) is 1.92. The summed E-state index contributed by atoms with van der Waals surface area (Å²) in [5.41, 5.74) is 8.10. The van der Waals surface area contributed by atoms with Crippen LogP contribution in [0.15, 0.2) is 40.5 Å². The van der Waals surface area contributed by atoms with Gasteiger partial charge in [0.25, 0.3) is 0 Å². The van der Waals surface area contributed by atoms with Crippen LogP contribution in [0.2, 0.25) is 0 Å². The maximum atomic E-state index is 11.5. The first kappa shape index (κ1) is 11.1. The van der Waals surface area contributed by atoms with Crippen molar-refractivity contribution in [2.75, 3.05) is 0 Å². The van der Waals surface area contributed by atoms with E-state index in [0.29, 0.717) is 6.54 Å². The molecule has 4 heteroatoms. The van der Waals surface area contributed by atoms with Gasteiger partial charge in [0.1, 0.15) is 0 Å². The summed E-state index contributed by atoms with van der Waals surface area (Å²) in [5, 5.41) is 1.86. The molecule has 2 N–H and O–H groups in total. The highest BCUT2D eigenvalue weighted by Gasteiger charge is 2.09. The zero-order chi connectivity index (χ0) is 11.5. The van der Waals surface area contributed by atoms with E-state index in [1.54, 1.807) is 4.57 Å². The topological polar surface area (TPSA) is 48.0 Å². The Kier molecular flexibility index (Phi) is 3.22. The second-order valence-electron chi connectivity index (χ2n) is 3.77. The van der Waals surface area contributed by atoms with Gasteiger partial charge >= 0.3 is 4.87 Å². The van der Waals surface area contributed by atoms with Gasteiger partial charge in [0, 0.05) is 23.7 Å². The largest absolute Gasteiger partial charge is 0.322 e. The van der Waals surface area contributed by atoms with Gasteiger partial charge in [-0.25, -0.2) is 0 Å². The van der Waals surface area contributed by atoms with Crippen molar-refractivity contribution in [1.82, 2.24) is 4.57 Å². The summed E-state index contributed by atoms with van der Waals surface area (Å²) in [6, 6.07) is 9.71. The Balaban J connectivity index is 2.20. The number of nitrogens with two attached hydrogens (primary N) is 1. The normalized spacial score (nSPS) is 12.6. The number of hydrogen-bond donors (Lipinski definition) is 1. The number of thiazole rings is 1. The summed E-state index contributed by atoms with van der Waals surface area (Å²) in [6.07, 6.45) is 0. The summed E-state index contributed by atoms with van der Waals surface area (Å²) >= 11 is 1.22. The Morgan fingerprint density at radius 1 is 1.38 bits per heavy atom. The molecule has 1 aromatic carbocycles. The van der Waals surface area contributed by atoms with Gasteiger partial charge in [-0.1, -0.05) is 41.7 Å². The lowest BCUT2D eigenvalue weighted by Gasteiger charge is -2.13. The second kappa shape index (κ2) is 4.63. The number of rotatable bonds is 3. The Labute approximate surface area is 98.2 Å². The van der Waals surface area contributed by atoms with Crippen LogP contribution in [0, 0.1) is 6.92 Å². The van der Waals surface area contributed by atoms with Crippen LogP contribution in [0.4, 0.5) is 0 Å². The zero-order valence-corrected chi connectivity index (χ0v) is 9.91. The van der Waals surface area contributed by atoms with E-state index in [0.717, 1.165) is 11.3 Å². The molecule has 1 atom stereocenters. The van der Waals surface area contributed by atoms with E-state index in [4.69, 9.17) is 5.73 Å². The summed E-state index contributed by atoms with van der Waals surface area (Å²) < 4.78 is 1.72. The highest BCUT2D eigenvalue weighted by molar-refractivity contribution is 7.07. The van der Waals surface area contributed by atoms with Gasteiger partial charge < -0.3 is 10.3 Å². The molecule has 0 saturated heterocycles. The van der Waals surface area contributed by atoms with Crippen molar-refractivity contribution in [3.63, 3.8) is 0 Å². The van der Waals surface area contributed by atoms with Crippen LogP contribution in [0.5, 0.6) is 0 Å². The molecule has 0 fully saturated rings. The SMILES string of the molecule is Cc1csc(=O)n1CC(N)c1ccccc1. The van der Waals surface area contributed by atoms with E-state index in [1.165, 1.54) is 11.3 Å². The van der Waals surface area contributed by atoms with Gasteiger partial charge in [0.05, 0.1) is 0 Å². The minimum Gasteiger partial charge on any atom is -0.322 e. The number of benzene rings is 1. The van der Waals surface area contributed by atoms with Gasteiger partial charge in [0.2, 0.25) is 0 Å². The molecule has 0 spiro atoms. The van der Waals surface area contributed by atoms with Crippen molar-refractivity contribution in [2.45, 2.75) is 19.5 Å². The Hall–Kier alpha value is -1.39. The molecule has 2 rings (SSSR count). The maximum Gasteiger partial charge on any atom is 0.307 e. The fraction of sp³-hybridized carbons (Fsp3) is 0.250. The molecule has 0 radical (unpaired) electrons. The third-order valence-corrected chi connectivity index (χ3v) is 3.46. The fourth-order valence-electron chi connectivity index (χ4n) is 1.63. The van der Waals surface area contributed by atoms with Crippen LogP contribution in [0.25, 0.3) is 0 Å². The monoisotopic (exact) mass is 234 g/mol. The van der Waals surface area contributed by atoms with Crippen LogP contribution >= 0.6 is 11.3 Å². The van der Waals surface area contributed by atoms with Crippen LogP contribution in [0.3, 0.4) is 0 Å². The van der Waals surface area contributed by atoms with Crippen molar-refractivity contribution in [2.24, 2.45) is 5.73 Å². The first-order valence-electron chi connectivity index (χ1n) is 5.14. The van der Waals surface area contributed by atoms with Gasteiger partial charge in [0.15, 0.2) is 0 Å². The molecule has 0 saturated carbocycles. The number of nitrogens with zero attached hydrogens (tertiary/aromatic N) is 1. The molecule has 0 aliphatic carbocycles. The van der Waals surface area contributed by atoms with Crippen molar-refractivity contribution in [3.8, 4) is 0 Å². The lowest BCUT2D eigenvalue weighted by Crippen LogP contribution is -2.24. The molecule has 1 unspecified atom stereocenters. The van der Waals surface area contributed by atoms with E-state index < -0.39 is 0 Å². The van der Waals surface area contributed by atoms with E-state index in [-0.39, 0.29) is 10.9 Å². The Morgan fingerprint density at radius 3 is 2.62 bits per heavy atom. The smallest absolute Gasteiger partial charge is 0.307 e. The fourth-order valence-corrected chi connectivity index (χ4v) is 2.37. The van der Waals surface area contributed by atoms with Gasteiger partial charge in [-0.15, -0.1) is 0 Å². The standard InChI is InChI=1S/C12H14N2OS/c1-9-8-16-12(15)14(9)7-11(13)10-5-3-2-4-6-10/h2-6,8,11H,7,13H2,1H3. The molecule has 2 aromatic rings. The van der Waals surface area contributed by atoms with Crippen LogP contribution in [-0.2, 0) is 6.54 Å².